The van der Waals surface area contributed by atoms with Gasteiger partial charge in [0.1, 0.15) is 5.82 Å². The topological polar surface area (TPSA) is 54.7 Å². The van der Waals surface area contributed by atoms with Crippen molar-refractivity contribution in [1.29, 1.82) is 0 Å². The first-order valence-corrected chi connectivity index (χ1v) is 4.62. The van der Waals surface area contributed by atoms with Crippen molar-refractivity contribution in [2.45, 2.75) is 6.92 Å². The van der Waals surface area contributed by atoms with Gasteiger partial charge in [0.2, 0.25) is 0 Å². The van der Waals surface area contributed by atoms with E-state index in [2.05, 4.69) is 10.2 Å². The molecule has 4 heteroatoms. The Morgan fingerprint density at radius 1 is 1.36 bits per heavy atom. The summed E-state index contributed by atoms with van der Waals surface area (Å²) < 4.78 is 0. The van der Waals surface area contributed by atoms with Crippen molar-refractivity contribution in [2.75, 3.05) is 5.73 Å². The lowest BCUT2D eigenvalue weighted by molar-refractivity contribution is 1.10. The van der Waals surface area contributed by atoms with E-state index in [4.69, 9.17) is 17.3 Å². The summed E-state index contributed by atoms with van der Waals surface area (Å²) in [5.41, 5.74) is 8.40. The van der Waals surface area contributed by atoms with Gasteiger partial charge in [-0.1, -0.05) is 23.7 Å². The van der Waals surface area contributed by atoms with E-state index in [0.717, 1.165) is 16.8 Å². The molecule has 0 bridgehead atoms. The van der Waals surface area contributed by atoms with Gasteiger partial charge in [-0.2, -0.15) is 5.10 Å². The maximum absolute atomic E-state index is 6.08. The smallest absolute Gasteiger partial charge is 0.145 e. The van der Waals surface area contributed by atoms with Crippen LogP contribution in [0.3, 0.4) is 0 Å². The Morgan fingerprint density at radius 3 is 2.71 bits per heavy atom. The second kappa shape index (κ2) is 3.35. The summed E-state index contributed by atoms with van der Waals surface area (Å²) >= 11 is 6.08. The van der Waals surface area contributed by atoms with Crippen LogP contribution in [0.25, 0.3) is 11.3 Å². The highest BCUT2D eigenvalue weighted by atomic mass is 35.5. The van der Waals surface area contributed by atoms with Crippen LogP contribution < -0.4 is 5.73 Å². The largest absolute Gasteiger partial charge is 0.382 e. The van der Waals surface area contributed by atoms with E-state index in [1.54, 1.807) is 6.07 Å². The molecule has 1 aromatic carbocycles. The summed E-state index contributed by atoms with van der Waals surface area (Å²) in [6, 6.07) is 7.62. The number of aromatic nitrogens is 2. The number of benzene rings is 1. The lowest BCUT2D eigenvalue weighted by Gasteiger charge is -2.01. The van der Waals surface area contributed by atoms with Crippen molar-refractivity contribution in [3.05, 3.63) is 34.9 Å². The second-order valence-corrected chi connectivity index (χ2v) is 3.60. The van der Waals surface area contributed by atoms with Gasteiger partial charge in [-0.3, -0.25) is 5.10 Å². The highest BCUT2D eigenvalue weighted by molar-refractivity contribution is 6.33. The van der Waals surface area contributed by atoms with Crippen molar-refractivity contribution in [3.8, 4) is 11.3 Å². The first kappa shape index (κ1) is 9.09. The molecule has 0 saturated carbocycles. The van der Waals surface area contributed by atoms with Crippen LogP contribution in [0.2, 0.25) is 5.02 Å². The summed E-state index contributed by atoms with van der Waals surface area (Å²) in [5, 5.41) is 7.38. The molecule has 1 heterocycles. The molecule has 0 spiro atoms. The zero-order chi connectivity index (χ0) is 10.1. The Morgan fingerprint density at radius 2 is 2.14 bits per heavy atom. The van der Waals surface area contributed by atoms with Gasteiger partial charge in [-0.25, -0.2) is 0 Å². The van der Waals surface area contributed by atoms with Crippen molar-refractivity contribution in [1.82, 2.24) is 10.2 Å². The van der Waals surface area contributed by atoms with Crippen LogP contribution in [0.4, 0.5) is 5.82 Å². The monoisotopic (exact) mass is 207 g/mol. The molecule has 0 unspecified atom stereocenters. The Balaban J connectivity index is 2.52. The molecule has 0 saturated heterocycles. The van der Waals surface area contributed by atoms with Crippen LogP contribution in [0.5, 0.6) is 0 Å². The van der Waals surface area contributed by atoms with Crippen molar-refractivity contribution in [2.24, 2.45) is 0 Å². The lowest BCUT2D eigenvalue weighted by atomic mass is 10.1. The molecule has 3 nitrogen and oxygen atoms in total. The third kappa shape index (κ3) is 1.59. The summed E-state index contributed by atoms with van der Waals surface area (Å²) in [6.45, 7) is 2.00. The highest BCUT2D eigenvalue weighted by Crippen LogP contribution is 2.27. The van der Waals surface area contributed by atoms with Crippen molar-refractivity contribution < 1.29 is 0 Å². The van der Waals surface area contributed by atoms with Crippen LogP contribution in [0, 0.1) is 6.92 Å². The van der Waals surface area contributed by atoms with Gasteiger partial charge >= 0.3 is 0 Å². The van der Waals surface area contributed by atoms with Gasteiger partial charge in [-0.05, 0) is 18.6 Å². The number of aryl methyl sites for hydroxylation is 1. The number of nitrogens with zero attached hydrogens (tertiary/aromatic N) is 1. The van der Waals surface area contributed by atoms with E-state index in [0.29, 0.717) is 10.8 Å². The van der Waals surface area contributed by atoms with E-state index >= 15 is 0 Å². The summed E-state index contributed by atoms with van der Waals surface area (Å²) in [7, 11) is 0. The molecule has 1 aromatic heterocycles. The number of rotatable bonds is 1. The number of anilines is 1. The molecule has 0 radical (unpaired) electrons. The Labute approximate surface area is 86.9 Å². The van der Waals surface area contributed by atoms with Crippen LogP contribution >= 0.6 is 11.6 Å². The number of nitrogens with two attached hydrogens (primary N) is 1. The first-order chi connectivity index (χ1) is 6.66. The second-order valence-electron chi connectivity index (χ2n) is 3.19. The van der Waals surface area contributed by atoms with E-state index in [1.165, 1.54) is 0 Å². The van der Waals surface area contributed by atoms with Gasteiger partial charge in [-0.15, -0.1) is 0 Å². The minimum atomic E-state index is 0.469. The normalized spacial score (nSPS) is 10.4. The zero-order valence-electron chi connectivity index (χ0n) is 7.71. The number of aromatic amines is 1. The van der Waals surface area contributed by atoms with Gasteiger partial charge in [0, 0.05) is 11.6 Å². The molecule has 2 rings (SSSR count). The Bertz CT molecular complexity index is 462. The summed E-state index contributed by atoms with van der Waals surface area (Å²) in [5.74, 6) is 0.469. The fourth-order valence-corrected chi connectivity index (χ4v) is 1.65. The maximum Gasteiger partial charge on any atom is 0.145 e. The van der Waals surface area contributed by atoms with E-state index < -0.39 is 0 Å². The van der Waals surface area contributed by atoms with Crippen LogP contribution in [-0.2, 0) is 0 Å². The van der Waals surface area contributed by atoms with E-state index in [9.17, 15) is 0 Å². The maximum atomic E-state index is 6.08. The van der Waals surface area contributed by atoms with Gasteiger partial charge < -0.3 is 5.73 Å². The molecule has 0 aliphatic carbocycles. The molecule has 0 aliphatic heterocycles. The van der Waals surface area contributed by atoms with Crippen molar-refractivity contribution in [3.63, 3.8) is 0 Å². The number of hydrogen-bond acceptors (Lipinski definition) is 2. The third-order valence-electron chi connectivity index (χ3n) is 2.01. The van der Waals surface area contributed by atoms with Crippen molar-refractivity contribution >= 4 is 17.4 Å². The van der Waals surface area contributed by atoms with Crippen LogP contribution in [-0.4, -0.2) is 10.2 Å². The molecule has 0 atom stereocenters. The number of hydrogen-bond donors (Lipinski definition) is 2. The van der Waals surface area contributed by atoms with Gasteiger partial charge in [0.05, 0.1) is 10.7 Å². The molecule has 0 amide bonds. The zero-order valence-corrected chi connectivity index (χ0v) is 8.47. The molecule has 0 fully saturated rings. The molecule has 0 aliphatic rings. The Hall–Kier alpha value is -1.48. The van der Waals surface area contributed by atoms with Gasteiger partial charge in [0.15, 0.2) is 0 Å². The number of H-pyrrole nitrogens is 1. The number of nitrogen functional groups attached to an aromatic ring is 1. The predicted octanol–water partition coefficient (Wildman–Crippen LogP) is 2.62. The number of halogens is 1. The third-order valence-corrected chi connectivity index (χ3v) is 2.33. The molecular weight excluding hydrogens is 198 g/mol. The van der Waals surface area contributed by atoms with E-state index in [1.807, 2.05) is 25.1 Å². The Kier molecular flexibility index (Phi) is 2.17. The summed E-state index contributed by atoms with van der Waals surface area (Å²) in [6.07, 6.45) is 0. The molecule has 2 aromatic rings. The molecule has 14 heavy (non-hydrogen) atoms. The molecule has 72 valence electrons. The molecule has 3 N–H and O–H groups in total. The average Bonchev–Trinajstić information content (AvgIpc) is 2.51. The standard InChI is InChI=1S/C10H10ClN3/c1-6-2-3-7(8(11)4-6)9-5-10(12)14-13-9/h2-5H,1H3,(H3,12,13,14). The minimum absolute atomic E-state index is 0.469. The van der Waals surface area contributed by atoms with E-state index in [-0.39, 0.29) is 0 Å². The quantitative estimate of drug-likeness (QED) is 0.755. The minimum Gasteiger partial charge on any atom is -0.382 e. The highest BCUT2D eigenvalue weighted by Gasteiger charge is 2.05. The number of nitrogens with one attached hydrogen (secondary N) is 1. The SMILES string of the molecule is Cc1ccc(-c2cc(N)n[nH]2)c(Cl)c1. The van der Waals surface area contributed by atoms with Crippen LogP contribution in [0.1, 0.15) is 5.56 Å². The first-order valence-electron chi connectivity index (χ1n) is 4.24. The molecular formula is C10H10ClN3. The fraction of sp³-hybridized carbons (Fsp3) is 0.100. The van der Waals surface area contributed by atoms with Crippen LogP contribution in [0.15, 0.2) is 24.3 Å². The fourth-order valence-electron chi connectivity index (χ4n) is 1.31. The summed E-state index contributed by atoms with van der Waals surface area (Å²) in [4.78, 5) is 0. The predicted molar refractivity (Wildman–Crippen MR) is 58.2 cm³/mol. The lowest BCUT2D eigenvalue weighted by Crippen LogP contribution is -1.81. The average molecular weight is 208 g/mol. The van der Waals surface area contributed by atoms with Gasteiger partial charge in [0.25, 0.3) is 0 Å².